The Morgan fingerprint density at radius 3 is 2.71 bits per heavy atom. The lowest BCUT2D eigenvalue weighted by Crippen LogP contribution is -2.20. The van der Waals surface area contributed by atoms with Crippen LogP contribution in [0.4, 0.5) is 0 Å². The molecule has 1 aromatic rings. The Balaban J connectivity index is 1.70. The van der Waals surface area contributed by atoms with Gasteiger partial charge in [0.2, 0.25) is 0 Å². The van der Waals surface area contributed by atoms with Crippen LogP contribution in [0.3, 0.4) is 0 Å². The van der Waals surface area contributed by atoms with Crippen LogP contribution in [0.5, 0.6) is 0 Å². The molecule has 1 fully saturated rings. The molecule has 118 valence electrons. The van der Waals surface area contributed by atoms with Gasteiger partial charge in [-0.3, -0.25) is 4.98 Å². The zero-order chi connectivity index (χ0) is 14.9. The highest BCUT2D eigenvalue weighted by Gasteiger charge is 2.13. The molecule has 0 radical (unpaired) electrons. The van der Waals surface area contributed by atoms with Gasteiger partial charge < -0.3 is 10.1 Å². The highest BCUT2D eigenvalue weighted by molar-refractivity contribution is 5.10. The van der Waals surface area contributed by atoms with E-state index in [1.54, 1.807) is 0 Å². The molecule has 0 aliphatic heterocycles. The van der Waals surface area contributed by atoms with E-state index in [1.807, 2.05) is 0 Å². The fraction of sp³-hybridized carbons (Fsp3) is 0.722. The molecule has 1 aliphatic rings. The van der Waals surface area contributed by atoms with Gasteiger partial charge in [0.25, 0.3) is 0 Å². The molecular formula is C18H30N2O. The summed E-state index contributed by atoms with van der Waals surface area (Å²) in [6.45, 7) is 7.86. The van der Waals surface area contributed by atoms with Gasteiger partial charge in [0.15, 0.2) is 0 Å². The second-order valence-corrected chi connectivity index (χ2v) is 6.66. The zero-order valence-electron chi connectivity index (χ0n) is 13.6. The first-order valence-electron chi connectivity index (χ1n) is 8.47. The first-order chi connectivity index (χ1) is 10.2. The van der Waals surface area contributed by atoms with E-state index in [9.17, 15) is 0 Å². The van der Waals surface area contributed by atoms with Crippen molar-refractivity contribution in [2.45, 2.75) is 59.1 Å². The van der Waals surface area contributed by atoms with Crippen molar-refractivity contribution in [1.82, 2.24) is 10.3 Å². The average Bonchev–Trinajstić information content (AvgIpc) is 2.48. The monoisotopic (exact) mass is 290 g/mol. The number of ether oxygens (including phenoxy) is 1. The SMILES string of the molecule is CC(C)CNCc1cccc(COCC2CCCCC2)n1. The van der Waals surface area contributed by atoms with Gasteiger partial charge in [0.05, 0.1) is 18.0 Å². The van der Waals surface area contributed by atoms with Crippen molar-refractivity contribution < 1.29 is 4.74 Å². The smallest absolute Gasteiger partial charge is 0.0888 e. The number of hydrogen-bond acceptors (Lipinski definition) is 3. The van der Waals surface area contributed by atoms with Gasteiger partial charge in [0.1, 0.15) is 0 Å². The molecule has 1 aromatic heterocycles. The van der Waals surface area contributed by atoms with E-state index >= 15 is 0 Å². The predicted molar refractivity (Wildman–Crippen MR) is 87.0 cm³/mol. The Hall–Kier alpha value is -0.930. The highest BCUT2D eigenvalue weighted by atomic mass is 16.5. The molecule has 1 N–H and O–H groups in total. The van der Waals surface area contributed by atoms with E-state index in [0.717, 1.165) is 37.0 Å². The minimum absolute atomic E-state index is 0.647. The van der Waals surface area contributed by atoms with Gasteiger partial charge in [-0.05, 0) is 43.4 Å². The summed E-state index contributed by atoms with van der Waals surface area (Å²) in [7, 11) is 0. The molecule has 0 amide bonds. The molecule has 3 nitrogen and oxygen atoms in total. The van der Waals surface area contributed by atoms with Gasteiger partial charge in [-0.1, -0.05) is 39.2 Å². The molecule has 0 spiro atoms. The lowest BCUT2D eigenvalue weighted by Gasteiger charge is -2.21. The molecule has 21 heavy (non-hydrogen) atoms. The van der Waals surface area contributed by atoms with E-state index in [0.29, 0.717) is 12.5 Å². The number of rotatable bonds is 8. The molecule has 0 saturated heterocycles. The van der Waals surface area contributed by atoms with Crippen LogP contribution in [-0.2, 0) is 17.9 Å². The first-order valence-corrected chi connectivity index (χ1v) is 8.47. The van der Waals surface area contributed by atoms with Crippen molar-refractivity contribution in [3.8, 4) is 0 Å². The summed E-state index contributed by atoms with van der Waals surface area (Å²) < 4.78 is 5.87. The lowest BCUT2D eigenvalue weighted by molar-refractivity contribution is 0.0719. The summed E-state index contributed by atoms with van der Waals surface area (Å²) >= 11 is 0. The maximum absolute atomic E-state index is 5.87. The summed E-state index contributed by atoms with van der Waals surface area (Å²) in [5.74, 6) is 1.45. The summed E-state index contributed by atoms with van der Waals surface area (Å²) in [4.78, 5) is 4.66. The lowest BCUT2D eigenvalue weighted by atomic mass is 9.90. The Morgan fingerprint density at radius 2 is 1.95 bits per heavy atom. The van der Waals surface area contributed by atoms with Crippen LogP contribution in [-0.4, -0.2) is 18.1 Å². The van der Waals surface area contributed by atoms with Gasteiger partial charge in [-0.15, -0.1) is 0 Å². The Morgan fingerprint density at radius 1 is 1.19 bits per heavy atom. The van der Waals surface area contributed by atoms with Crippen LogP contribution in [0.25, 0.3) is 0 Å². The molecule has 1 aliphatic carbocycles. The van der Waals surface area contributed by atoms with Crippen molar-refractivity contribution in [2.75, 3.05) is 13.2 Å². The Bertz CT molecular complexity index is 400. The number of nitrogens with one attached hydrogen (secondary N) is 1. The van der Waals surface area contributed by atoms with Crippen LogP contribution < -0.4 is 5.32 Å². The predicted octanol–water partition coefficient (Wildman–Crippen LogP) is 3.92. The third kappa shape index (κ3) is 6.58. The maximum atomic E-state index is 5.87. The Labute approximate surface area is 129 Å². The van der Waals surface area contributed by atoms with Crippen LogP contribution in [0.2, 0.25) is 0 Å². The van der Waals surface area contributed by atoms with Gasteiger partial charge in [-0.2, -0.15) is 0 Å². The maximum Gasteiger partial charge on any atom is 0.0888 e. The highest BCUT2D eigenvalue weighted by Crippen LogP contribution is 2.23. The van der Waals surface area contributed by atoms with Crippen molar-refractivity contribution in [3.05, 3.63) is 29.6 Å². The van der Waals surface area contributed by atoms with Crippen LogP contribution in [0.15, 0.2) is 18.2 Å². The second-order valence-electron chi connectivity index (χ2n) is 6.66. The molecule has 0 aromatic carbocycles. The topological polar surface area (TPSA) is 34.1 Å². The zero-order valence-corrected chi connectivity index (χ0v) is 13.6. The standard InChI is InChI=1S/C18H30N2O/c1-15(2)11-19-12-17-9-6-10-18(20-17)14-21-13-16-7-4-3-5-8-16/h6,9-10,15-16,19H,3-5,7-8,11-14H2,1-2H3. The summed E-state index contributed by atoms with van der Waals surface area (Å²) in [6.07, 6.45) is 6.84. The molecule has 1 saturated carbocycles. The number of pyridine rings is 1. The van der Waals surface area contributed by atoms with E-state index < -0.39 is 0 Å². The van der Waals surface area contributed by atoms with Crippen molar-refractivity contribution >= 4 is 0 Å². The third-order valence-corrected chi connectivity index (χ3v) is 4.05. The first kappa shape index (κ1) is 16.4. The van der Waals surface area contributed by atoms with Gasteiger partial charge in [-0.25, -0.2) is 0 Å². The summed E-state index contributed by atoms with van der Waals surface area (Å²) in [6, 6.07) is 6.23. The van der Waals surface area contributed by atoms with Gasteiger partial charge in [0, 0.05) is 13.2 Å². The van der Waals surface area contributed by atoms with E-state index in [4.69, 9.17) is 4.74 Å². The molecule has 0 bridgehead atoms. The van der Waals surface area contributed by atoms with Gasteiger partial charge >= 0.3 is 0 Å². The van der Waals surface area contributed by atoms with E-state index in [2.05, 4.69) is 42.3 Å². The minimum Gasteiger partial charge on any atom is -0.375 e. The second kappa shape index (κ2) is 9.16. The fourth-order valence-corrected chi connectivity index (χ4v) is 2.88. The van der Waals surface area contributed by atoms with Crippen LogP contribution >= 0.6 is 0 Å². The molecule has 2 rings (SSSR count). The van der Waals surface area contributed by atoms with Crippen LogP contribution in [0, 0.1) is 11.8 Å². The quantitative estimate of drug-likeness (QED) is 0.788. The molecule has 1 heterocycles. The summed E-state index contributed by atoms with van der Waals surface area (Å²) in [5, 5.41) is 3.43. The number of aromatic nitrogens is 1. The number of nitrogens with zero attached hydrogens (tertiary/aromatic N) is 1. The number of hydrogen-bond donors (Lipinski definition) is 1. The average molecular weight is 290 g/mol. The molecule has 3 heteroatoms. The normalized spacial score (nSPS) is 16.5. The molecular weight excluding hydrogens is 260 g/mol. The molecule has 0 unspecified atom stereocenters. The molecule has 0 atom stereocenters. The fourth-order valence-electron chi connectivity index (χ4n) is 2.88. The van der Waals surface area contributed by atoms with E-state index in [1.165, 1.54) is 32.1 Å². The van der Waals surface area contributed by atoms with E-state index in [-0.39, 0.29) is 0 Å². The van der Waals surface area contributed by atoms with Crippen molar-refractivity contribution in [3.63, 3.8) is 0 Å². The third-order valence-electron chi connectivity index (χ3n) is 4.05. The largest absolute Gasteiger partial charge is 0.375 e. The van der Waals surface area contributed by atoms with Crippen LogP contribution in [0.1, 0.15) is 57.3 Å². The van der Waals surface area contributed by atoms with Crippen molar-refractivity contribution in [2.24, 2.45) is 11.8 Å². The van der Waals surface area contributed by atoms with Crippen molar-refractivity contribution in [1.29, 1.82) is 0 Å². The minimum atomic E-state index is 0.647. The summed E-state index contributed by atoms with van der Waals surface area (Å²) in [5.41, 5.74) is 2.16. The Kier molecular flexibility index (Phi) is 7.17.